The number of hydrogen-bond acceptors (Lipinski definition) is 2. The van der Waals surface area contributed by atoms with E-state index in [9.17, 15) is 4.79 Å². The van der Waals surface area contributed by atoms with Crippen molar-refractivity contribution < 1.29 is 9.53 Å². The Bertz CT molecular complexity index is 787. The van der Waals surface area contributed by atoms with Gasteiger partial charge in [0.15, 0.2) is 5.78 Å². The molecule has 2 heteroatoms. The SMILES string of the molecule is COc1ccc2c3c(ccc2c1)[C@@H]1C=CC(=O)[C@@]1(C)CC3. The maximum Gasteiger partial charge on any atom is 0.162 e. The second kappa shape index (κ2) is 4.20. The molecule has 2 aliphatic rings. The van der Waals surface area contributed by atoms with Crippen LogP contribution in [0.2, 0.25) is 0 Å². The fourth-order valence-corrected chi connectivity index (χ4v) is 3.94. The summed E-state index contributed by atoms with van der Waals surface area (Å²) in [7, 11) is 1.69. The van der Waals surface area contributed by atoms with E-state index in [1.165, 1.54) is 21.9 Å². The Morgan fingerprint density at radius 3 is 2.90 bits per heavy atom. The van der Waals surface area contributed by atoms with Crippen LogP contribution in [0.15, 0.2) is 42.5 Å². The maximum atomic E-state index is 12.2. The first-order valence-electron chi connectivity index (χ1n) is 7.46. The molecular formula is C19H18O2. The van der Waals surface area contributed by atoms with Gasteiger partial charge in [0.05, 0.1) is 7.11 Å². The van der Waals surface area contributed by atoms with Gasteiger partial charge in [-0.15, -0.1) is 0 Å². The molecule has 0 heterocycles. The first kappa shape index (κ1) is 12.6. The highest BCUT2D eigenvalue weighted by atomic mass is 16.5. The summed E-state index contributed by atoms with van der Waals surface area (Å²) in [5.41, 5.74) is 2.49. The van der Waals surface area contributed by atoms with Gasteiger partial charge in [0, 0.05) is 11.3 Å². The minimum atomic E-state index is -0.229. The van der Waals surface area contributed by atoms with E-state index < -0.39 is 0 Å². The number of rotatable bonds is 1. The minimum absolute atomic E-state index is 0.229. The van der Waals surface area contributed by atoms with Crippen molar-refractivity contribution in [3.63, 3.8) is 0 Å². The van der Waals surface area contributed by atoms with E-state index in [1.807, 2.05) is 6.07 Å². The van der Waals surface area contributed by atoms with Crippen LogP contribution in [0.4, 0.5) is 0 Å². The Labute approximate surface area is 124 Å². The van der Waals surface area contributed by atoms with Crippen LogP contribution in [0.1, 0.15) is 30.4 Å². The Morgan fingerprint density at radius 2 is 2.10 bits per heavy atom. The molecule has 0 fully saturated rings. The number of carbonyl (C=O) groups excluding carboxylic acids is 1. The monoisotopic (exact) mass is 278 g/mol. The molecule has 0 radical (unpaired) electrons. The van der Waals surface area contributed by atoms with E-state index in [-0.39, 0.29) is 17.1 Å². The molecule has 4 rings (SSSR count). The molecule has 106 valence electrons. The van der Waals surface area contributed by atoms with Crippen LogP contribution in [0.25, 0.3) is 10.8 Å². The summed E-state index contributed by atoms with van der Waals surface area (Å²) in [5.74, 6) is 1.41. The van der Waals surface area contributed by atoms with E-state index in [2.05, 4.69) is 37.3 Å². The fraction of sp³-hybridized carbons (Fsp3) is 0.316. The predicted octanol–water partition coefficient (Wildman–Crippen LogP) is 4.02. The largest absolute Gasteiger partial charge is 0.497 e. The smallest absolute Gasteiger partial charge is 0.162 e. The molecule has 0 N–H and O–H groups in total. The van der Waals surface area contributed by atoms with Crippen LogP contribution in [0, 0.1) is 5.41 Å². The van der Waals surface area contributed by atoms with Crippen molar-refractivity contribution in [1.82, 2.24) is 0 Å². The van der Waals surface area contributed by atoms with Crippen LogP contribution < -0.4 is 4.74 Å². The van der Waals surface area contributed by atoms with Gasteiger partial charge < -0.3 is 4.74 Å². The van der Waals surface area contributed by atoms with Crippen LogP contribution in [-0.2, 0) is 11.2 Å². The van der Waals surface area contributed by atoms with Gasteiger partial charge in [-0.1, -0.05) is 31.2 Å². The fourth-order valence-electron chi connectivity index (χ4n) is 3.94. The van der Waals surface area contributed by atoms with E-state index in [1.54, 1.807) is 13.2 Å². The van der Waals surface area contributed by atoms with Gasteiger partial charge >= 0.3 is 0 Å². The Balaban J connectivity index is 1.93. The quantitative estimate of drug-likeness (QED) is 0.787. The standard InChI is InChI=1S/C19H18O2/c1-19-10-9-15-14-6-4-13(21-2)11-12(14)3-5-16(15)17(19)7-8-18(19)20/h3-8,11,17H,9-10H2,1-2H3/t17-,19-/m0/s1. The molecule has 0 aliphatic heterocycles. The molecule has 0 unspecified atom stereocenters. The number of aryl methyl sites for hydroxylation is 1. The highest BCUT2D eigenvalue weighted by molar-refractivity contribution is 5.99. The zero-order chi connectivity index (χ0) is 14.6. The topological polar surface area (TPSA) is 26.3 Å². The molecule has 2 aliphatic carbocycles. The lowest BCUT2D eigenvalue weighted by Crippen LogP contribution is -2.33. The number of ether oxygens (including phenoxy) is 1. The average Bonchev–Trinajstić information content (AvgIpc) is 2.82. The summed E-state index contributed by atoms with van der Waals surface area (Å²) in [6.07, 6.45) is 5.77. The van der Waals surface area contributed by atoms with Crippen molar-refractivity contribution in [2.45, 2.75) is 25.7 Å². The van der Waals surface area contributed by atoms with Crippen LogP contribution in [-0.4, -0.2) is 12.9 Å². The molecule has 0 spiro atoms. The van der Waals surface area contributed by atoms with Gasteiger partial charge in [0.1, 0.15) is 5.75 Å². The molecule has 0 amide bonds. The van der Waals surface area contributed by atoms with Crippen LogP contribution in [0.5, 0.6) is 5.75 Å². The summed E-state index contributed by atoms with van der Waals surface area (Å²) in [4.78, 5) is 12.2. The number of fused-ring (bicyclic) bond motifs is 5. The van der Waals surface area contributed by atoms with Gasteiger partial charge in [0.2, 0.25) is 0 Å². The molecule has 0 aromatic heterocycles. The number of hydrogen-bond donors (Lipinski definition) is 0. The number of allylic oxidation sites excluding steroid dienone is 2. The summed E-state index contributed by atoms with van der Waals surface area (Å²) in [6, 6.07) is 10.6. The van der Waals surface area contributed by atoms with Crippen molar-refractivity contribution >= 4 is 16.6 Å². The van der Waals surface area contributed by atoms with Gasteiger partial charge in [0.25, 0.3) is 0 Å². The normalized spacial score (nSPS) is 26.8. The second-order valence-corrected chi connectivity index (χ2v) is 6.34. The summed E-state index contributed by atoms with van der Waals surface area (Å²) < 4.78 is 5.31. The van der Waals surface area contributed by atoms with Crippen molar-refractivity contribution in [3.05, 3.63) is 53.6 Å². The zero-order valence-electron chi connectivity index (χ0n) is 12.3. The highest BCUT2D eigenvalue weighted by Gasteiger charge is 2.46. The minimum Gasteiger partial charge on any atom is -0.497 e. The second-order valence-electron chi connectivity index (χ2n) is 6.34. The van der Waals surface area contributed by atoms with Crippen molar-refractivity contribution in [3.8, 4) is 5.75 Å². The number of carbonyl (C=O) groups is 1. The summed E-state index contributed by atoms with van der Waals surface area (Å²) in [6.45, 7) is 2.11. The number of ketones is 1. The third-order valence-corrected chi connectivity index (χ3v) is 5.29. The van der Waals surface area contributed by atoms with E-state index in [0.29, 0.717) is 0 Å². The Morgan fingerprint density at radius 1 is 1.24 bits per heavy atom. The van der Waals surface area contributed by atoms with Crippen LogP contribution >= 0.6 is 0 Å². The van der Waals surface area contributed by atoms with Gasteiger partial charge in [-0.05, 0) is 52.9 Å². The molecule has 21 heavy (non-hydrogen) atoms. The van der Waals surface area contributed by atoms with Crippen molar-refractivity contribution in [2.24, 2.45) is 5.41 Å². The lowest BCUT2D eigenvalue weighted by molar-refractivity contribution is -0.123. The van der Waals surface area contributed by atoms with Gasteiger partial charge in [-0.25, -0.2) is 0 Å². The van der Waals surface area contributed by atoms with Gasteiger partial charge in [-0.2, -0.15) is 0 Å². The lowest BCUT2D eigenvalue weighted by Gasteiger charge is -2.36. The summed E-state index contributed by atoms with van der Waals surface area (Å²) >= 11 is 0. The molecule has 0 saturated heterocycles. The van der Waals surface area contributed by atoms with E-state index in [0.717, 1.165) is 18.6 Å². The van der Waals surface area contributed by atoms with Crippen molar-refractivity contribution in [2.75, 3.05) is 7.11 Å². The van der Waals surface area contributed by atoms with Crippen molar-refractivity contribution in [1.29, 1.82) is 0 Å². The first-order valence-corrected chi connectivity index (χ1v) is 7.46. The molecule has 2 aromatic carbocycles. The highest BCUT2D eigenvalue weighted by Crippen LogP contribution is 2.51. The third-order valence-electron chi connectivity index (χ3n) is 5.29. The molecular weight excluding hydrogens is 260 g/mol. The first-order chi connectivity index (χ1) is 10.1. The lowest BCUT2D eigenvalue weighted by atomic mass is 9.65. The number of benzene rings is 2. The molecule has 0 saturated carbocycles. The molecule has 2 aromatic rings. The van der Waals surface area contributed by atoms with Crippen LogP contribution in [0.3, 0.4) is 0 Å². The molecule has 2 nitrogen and oxygen atoms in total. The average molecular weight is 278 g/mol. The Hall–Kier alpha value is -2.09. The molecule has 2 atom stereocenters. The Kier molecular flexibility index (Phi) is 2.53. The molecule has 0 bridgehead atoms. The van der Waals surface area contributed by atoms with Gasteiger partial charge in [-0.3, -0.25) is 4.79 Å². The predicted molar refractivity (Wildman–Crippen MR) is 83.8 cm³/mol. The zero-order valence-corrected chi connectivity index (χ0v) is 12.3. The van der Waals surface area contributed by atoms with E-state index >= 15 is 0 Å². The maximum absolute atomic E-state index is 12.2. The third kappa shape index (κ3) is 1.62. The van der Waals surface area contributed by atoms with E-state index in [4.69, 9.17) is 4.74 Å². The number of methoxy groups -OCH3 is 1. The summed E-state index contributed by atoms with van der Waals surface area (Å²) in [5, 5.41) is 2.51.